The molecular formula is C21H21NO6. The molecule has 3 rings (SSSR count). The number of ether oxygens (including phenoxy) is 2. The Morgan fingerprint density at radius 2 is 1.93 bits per heavy atom. The Morgan fingerprint density at radius 1 is 1.18 bits per heavy atom. The van der Waals surface area contributed by atoms with Crippen molar-refractivity contribution in [2.24, 2.45) is 0 Å². The van der Waals surface area contributed by atoms with E-state index in [1.165, 1.54) is 0 Å². The lowest BCUT2D eigenvalue weighted by Gasteiger charge is -2.11. The first kappa shape index (κ1) is 19.4. The predicted molar refractivity (Wildman–Crippen MR) is 104 cm³/mol. The Balaban J connectivity index is 1.79. The largest absolute Gasteiger partial charge is 0.484 e. The summed E-state index contributed by atoms with van der Waals surface area (Å²) in [7, 11) is 0. The Labute approximate surface area is 161 Å². The van der Waals surface area contributed by atoms with Crippen molar-refractivity contribution in [3.05, 3.63) is 64.5 Å². The predicted octanol–water partition coefficient (Wildman–Crippen LogP) is 2.77. The van der Waals surface area contributed by atoms with E-state index in [1.807, 2.05) is 18.2 Å². The van der Waals surface area contributed by atoms with Crippen LogP contribution in [0.3, 0.4) is 0 Å². The molecule has 0 fully saturated rings. The van der Waals surface area contributed by atoms with Crippen molar-refractivity contribution >= 4 is 16.9 Å². The van der Waals surface area contributed by atoms with Gasteiger partial charge >= 0.3 is 0 Å². The van der Waals surface area contributed by atoms with Gasteiger partial charge in [-0.15, -0.1) is 0 Å². The van der Waals surface area contributed by atoms with E-state index in [4.69, 9.17) is 19.0 Å². The summed E-state index contributed by atoms with van der Waals surface area (Å²) in [6, 6.07) is 13.7. The van der Waals surface area contributed by atoms with E-state index < -0.39 is 6.10 Å². The zero-order valence-electron chi connectivity index (χ0n) is 15.6. The number of carbonyl (C=O) groups excluding carboxylic acids is 1. The van der Waals surface area contributed by atoms with Crippen LogP contribution in [-0.2, 0) is 4.79 Å². The van der Waals surface area contributed by atoms with Crippen molar-refractivity contribution < 1.29 is 23.8 Å². The third kappa shape index (κ3) is 4.69. The standard InChI is InChI=1S/C21H21NO6/c1-13(23)11-22-19(24)12-26-16-8-9-17-18(10-16)27-14(2)21(20(17)25)28-15-6-4-3-5-7-15/h3-10,13,23H,11-12H2,1-2H3,(H,22,24)/t13-/m0/s1. The van der Waals surface area contributed by atoms with E-state index in [2.05, 4.69) is 5.32 Å². The van der Waals surface area contributed by atoms with E-state index in [-0.39, 0.29) is 30.2 Å². The highest BCUT2D eigenvalue weighted by Crippen LogP contribution is 2.27. The number of aliphatic hydroxyl groups excluding tert-OH is 1. The van der Waals surface area contributed by atoms with Gasteiger partial charge in [0.1, 0.15) is 22.8 Å². The summed E-state index contributed by atoms with van der Waals surface area (Å²) in [5, 5.41) is 12.0. The van der Waals surface area contributed by atoms with Gasteiger partial charge in [0.2, 0.25) is 11.2 Å². The maximum absolute atomic E-state index is 12.8. The highest BCUT2D eigenvalue weighted by Gasteiger charge is 2.15. The lowest BCUT2D eigenvalue weighted by Crippen LogP contribution is -2.34. The lowest BCUT2D eigenvalue weighted by molar-refractivity contribution is -0.123. The molecule has 2 N–H and O–H groups in total. The van der Waals surface area contributed by atoms with E-state index >= 15 is 0 Å². The molecule has 3 aromatic rings. The minimum atomic E-state index is -0.630. The average molecular weight is 383 g/mol. The summed E-state index contributed by atoms with van der Waals surface area (Å²) < 4.78 is 16.9. The Bertz CT molecular complexity index is 1030. The molecule has 0 saturated heterocycles. The molecule has 1 atom stereocenters. The van der Waals surface area contributed by atoms with Crippen LogP contribution in [0.2, 0.25) is 0 Å². The van der Waals surface area contributed by atoms with Gasteiger partial charge in [-0.3, -0.25) is 9.59 Å². The van der Waals surface area contributed by atoms with Gasteiger partial charge in [0.25, 0.3) is 5.91 Å². The summed E-state index contributed by atoms with van der Waals surface area (Å²) in [4.78, 5) is 24.4. The van der Waals surface area contributed by atoms with E-state index in [9.17, 15) is 9.59 Å². The summed E-state index contributed by atoms with van der Waals surface area (Å²) >= 11 is 0. The highest BCUT2D eigenvalue weighted by atomic mass is 16.5. The van der Waals surface area contributed by atoms with Crippen LogP contribution in [0.4, 0.5) is 0 Å². The quantitative estimate of drug-likeness (QED) is 0.651. The first-order valence-corrected chi connectivity index (χ1v) is 8.82. The monoisotopic (exact) mass is 383 g/mol. The molecule has 1 amide bonds. The van der Waals surface area contributed by atoms with Crippen LogP contribution in [0.5, 0.6) is 17.2 Å². The molecule has 7 nitrogen and oxygen atoms in total. The first-order valence-electron chi connectivity index (χ1n) is 8.82. The molecule has 0 aliphatic heterocycles. The fraction of sp³-hybridized carbons (Fsp3) is 0.238. The molecule has 0 aliphatic rings. The van der Waals surface area contributed by atoms with E-state index in [1.54, 1.807) is 44.2 Å². The van der Waals surface area contributed by atoms with Gasteiger partial charge in [-0.2, -0.15) is 0 Å². The van der Waals surface area contributed by atoms with Gasteiger partial charge in [-0.05, 0) is 38.1 Å². The van der Waals surface area contributed by atoms with Gasteiger partial charge in [0.05, 0.1) is 11.5 Å². The SMILES string of the molecule is Cc1oc2cc(OCC(=O)NC[C@H](C)O)ccc2c(=O)c1Oc1ccccc1. The third-order valence-electron chi connectivity index (χ3n) is 3.91. The molecule has 0 radical (unpaired) electrons. The molecule has 7 heteroatoms. The number of fused-ring (bicyclic) bond motifs is 1. The maximum atomic E-state index is 12.8. The zero-order valence-corrected chi connectivity index (χ0v) is 15.6. The average Bonchev–Trinajstić information content (AvgIpc) is 2.68. The zero-order chi connectivity index (χ0) is 20.1. The minimum absolute atomic E-state index is 0.130. The smallest absolute Gasteiger partial charge is 0.258 e. The number of benzene rings is 2. The van der Waals surface area contributed by atoms with Crippen LogP contribution in [0.1, 0.15) is 12.7 Å². The number of para-hydroxylation sites is 1. The second-order valence-electron chi connectivity index (χ2n) is 6.33. The van der Waals surface area contributed by atoms with Crippen molar-refractivity contribution in [3.63, 3.8) is 0 Å². The molecule has 0 spiro atoms. The number of aryl methyl sites for hydroxylation is 1. The van der Waals surface area contributed by atoms with Gasteiger partial charge < -0.3 is 24.3 Å². The van der Waals surface area contributed by atoms with Crippen molar-refractivity contribution in [2.45, 2.75) is 20.0 Å². The molecule has 146 valence electrons. The molecule has 0 bridgehead atoms. The Kier molecular flexibility index (Phi) is 5.96. The number of rotatable bonds is 7. The molecular weight excluding hydrogens is 362 g/mol. The van der Waals surface area contributed by atoms with Gasteiger partial charge in [0, 0.05) is 12.6 Å². The molecule has 1 aromatic heterocycles. The fourth-order valence-electron chi connectivity index (χ4n) is 2.54. The number of hydrogen-bond donors (Lipinski definition) is 2. The van der Waals surface area contributed by atoms with Crippen molar-refractivity contribution in [2.75, 3.05) is 13.2 Å². The van der Waals surface area contributed by atoms with Gasteiger partial charge in [-0.1, -0.05) is 18.2 Å². The van der Waals surface area contributed by atoms with Crippen LogP contribution in [0, 0.1) is 6.92 Å². The van der Waals surface area contributed by atoms with Crippen LogP contribution in [0.15, 0.2) is 57.7 Å². The number of aliphatic hydroxyl groups is 1. The van der Waals surface area contributed by atoms with Crippen molar-refractivity contribution in [1.29, 1.82) is 0 Å². The summed E-state index contributed by atoms with van der Waals surface area (Å²) in [6.45, 7) is 3.16. The van der Waals surface area contributed by atoms with E-state index in [0.29, 0.717) is 28.2 Å². The van der Waals surface area contributed by atoms with Crippen LogP contribution in [-0.4, -0.2) is 30.3 Å². The first-order chi connectivity index (χ1) is 13.4. The fourth-order valence-corrected chi connectivity index (χ4v) is 2.54. The number of nitrogens with one attached hydrogen (secondary N) is 1. The second-order valence-corrected chi connectivity index (χ2v) is 6.33. The lowest BCUT2D eigenvalue weighted by atomic mass is 10.2. The molecule has 0 aliphatic carbocycles. The third-order valence-corrected chi connectivity index (χ3v) is 3.91. The highest BCUT2D eigenvalue weighted by molar-refractivity contribution is 5.80. The molecule has 2 aromatic carbocycles. The van der Waals surface area contributed by atoms with Crippen molar-refractivity contribution in [1.82, 2.24) is 5.32 Å². The number of hydrogen-bond acceptors (Lipinski definition) is 6. The van der Waals surface area contributed by atoms with Gasteiger partial charge in [0.15, 0.2) is 6.61 Å². The molecule has 28 heavy (non-hydrogen) atoms. The molecule has 0 unspecified atom stereocenters. The van der Waals surface area contributed by atoms with Crippen LogP contribution < -0.4 is 20.2 Å². The number of amides is 1. The summed E-state index contributed by atoms with van der Waals surface area (Å²) in [5.41, 5.74) is 0.0497. The Morgan fingerprint density at radius 3 is 2.64 bits per heavy atom. The number of carbonyl (C=O) groups is 1. The van der Waals surface area contributed by atoms with Crippen LogP contribution in [0.25, 0.3) is 11.0 Å². The van der Waals surface area contributed by atoms with Crippen LogP contribution >= 0.6 is 0 Å². The Hall–Kier alpha value is -3.32. The summed E-state index contributed by atoms with van der Waals surface area (Å²) in [6.07, 6.45) is -0.630. The second kappa shape index (κ2) is 8.58. The van der Waals surface area contributed by atoms with Crippen molar-refractivity contribution in [3.8, 4) is 17.2 Å². The topological polar surface area (TPSA) is 98.0 Å². The minimum Gasteiger partial charge on any atom is -0.484 e. The maximum Gasteiger partial charge on any atom is 0.258 e. The van der Waals surface area contributed by atoms with E-state index in [0.717, 1.165) is 0 Å². The van der Waals surface area contributed by atoms with Gasteiger partial charge in [-0.25, -0.2) is 0 Å². The molecule has 0 saturated carbocycles. The summed E-state index contributed by atoms with van der Waals surface area (Å²) in [5.74, 6) is 1.04. The normalized spacial score (nSPS) is 11.8. The molecule has 1 heterocycles.